The van der Waals surface area contributed by atoms with Crippen LogP contribution in [0.4, 0.5) is 14.6 Å². The van der Waals surface area contributed by atoms with Gasteiger partial charge in [-0.15, -0.1) is 0 Å². The molecule has 0 fully saturated rings. The molecular weight excluding hydrogens is 448 g/mol. The summed E-state index contributed by atoms with van der Waals surface area (Å²) in [5.41, 5.74) is 7.54. The van der Waals surface area contributed by atoms with E-state index in [2.05, 4.69) is 26.6 Å². The number of hydrogen-bond acceptors (Lipinski definition) is 5. The van der Waals surface area contributed by atoms with Crippen LogP contribution < -0.4 is 10.5 Å². The van der Waals surface area contributed by atoms with Gasteiger partial charge in [-0.1, -0.05) is 30.0 Å². The van der Waals surface area contributed by atoms with E-state index in [4.69, 9.17) is 5.73 Å². The van der Waals surface area contributed by atoms with Crippen LogP contribution in [0.5, 0.6) is 0 Å². The lowest BCUT2D eigenvalue weighted by Gasteiger charge is -2.16. The van der Waals surface area contributed by atoms with Crippen LogP contribution >= 0.6 is 0 Å². The number of nitrogens with zero attached hydrogens (tertiary/aromatic N) is 3. The fourth-order valence-corrected chi connectivity index (χ4v) is 4.55. The van der Waals surface area contributed by atoms with Crippen molar-refractivity contribution in [1.82, 2.24) is 14.8 Å². The first-order valence-corrected chi connectivity index (χ1v) is 11.4. The second kappa shape index (κ2) is 8.97. The van der Waals surface area contributed by atoms with Crippen molar-refractivity contribution in [1.29, 1.82) is 0 Å². The Hall–Kier alpha value is -3.81. The molecule has 1 atom stereocenters. The number of pyridine rings is 1. The van der Waals surface area contributed by atoms with Crippen molar-refractivity contribution in [3.63, 3.8) is 0 Å². The number of anilines is 1. The molecule has 3 N–H and O–H groups in total. The fourth-order valence-electron chi connectivity index (χ4n) is 3.44. The average Bonchev–Trinajstić information content (AvgIpc) is 3.21. The third kappa shape index (κ3) is 4.55. The highest BCUT2D eigenvalue weighted by atomic mass is 32.2. The Morgan fingerprint density at radius 3 is 2.67 bits per heavy atom. The summed E-state index contributed by atoms with van der Waals surface area (Å²) in [6, 6.07) is 11.7. The molecule has 2 heterocycles. The van der Waals surface area contributed by atoms with E-state index in [1.807, 2.05) is 31.2 Å². The van der Waals surface area contributed by atoms with Crippen LogP contribution in [0.2, 0.25) is 0 Å². The molecule has 10 heteroatoms. The maximum Gasteiger partial charge on any atom is 0.265 e. The zero-order valence-corrected chi connectivity index (χ0v) is 18.3. The van der Waals surface area contributed by atoms with Crippen molar-refractivity contribution in [3.05, 3.63) is 83.7 Å². The topological polar surface area (TPSA) is 103 Å². The molecule has 0 aliphatic rings. The number of fused-ring (bicyclic) bond motifs is 1. The Balaban J connectivity index is 1.72. The summed E-state index contributed by atoms with van der Waals surface area (Å²) < 4.78 is 57.2. The highest BCUT2D eigenvalue weighted by Crippen LogP contribution is 2.29. The molecule has 4 aromatic rings. The predicted octanol–water partition coefficient (Wildman–Crippen LogP) is 3.43. The van der Waals surface area contributed by atoms with Gasteiger partial charge in [0.25, 0.3) is 10.0 Å². The van der Waals surface area contributed by atoms with Gasteiger partial charge < -0.3 is 5.73 Å². The number of hydrogen-bond donors (Lipinski definition) is 2. The number of benzene rings is 2. The van der Waals surface area contributed by atoms with E-state index in [0.717, 1.165) is 35.5 Å². The molecule has 33 heavy (non-hydrogen) atoms. The van der Waals surface area contributed by atoms with Crippen molar-refractivity contribution >= 4 is 26.7 Å². The normalized spacial score (nSPS) is 12.2. The first-order valence-electron chi connectivity index (χ1n) is 9.89. The van der Waals surface area contributed by atoms with Gasteiger partial charge in [-0.3, -0.25) is 9.40 Å². The maximum absolute atomic E-state index is 15.0. The average molecular weight is 468 g/mol. The Bertz CT molecular complexity index is 1490. The summed E-state index contributed by atoms with van der Waals surface area (Å²) in [4.78, 5) is 3.08. The zero-order valence-electron chi connectivity index (χ0n) is 17.5. The van der Waals surface area contributed by atoms with Gasteiger partial charge in [0.05, 0.1) is 30.5 Å². The van der Waals surface area contributed by atoms with E-state index < -0.39 is 26.6 Å². The molecule has 4 rings (SSSR count). The molecule has 0 aliphatic heterocycles. The van der Waals surface area contributed by atoms with E-state index in [-0.39, 0.29) is 18.4 Å². The van der Waals surface area contributed by atoms with Crippen LogP contribution in [0.3, 0.4) is 0 Å². The Labute approximate surface area is 189 Å². The molecular formula is C23H19F2N5O2S. The van der Waals surface area contributed by atoms with E-state index in [0.29, 0.717) is 10.9 Å². The summed E-state index contributed by atoms with van der Waals surface area (Å²) in [5.74, 6) is 4.14. The van der Waals surface area contributed by atoms with Crippen molar-refractivity contribution < 1.29 is 17.2 Å². The molecule has 0 unspecified atom stereocenters. The second-order valence-corrected chi connectivity index (χ2v) is 8.82. The number of nitrogens with two attached hydrogens (primary N) is 1. The fraction of sp³-hybridized carbons (Fsp3) is 0.130. The van der Waals surface area contributed by atoms with Crippen LogP contribution in [0.25, 0.3) is 10.9 Å². The highest BCUT2D eigenvalue weighted by molar-refractivity contribution is 7.92. The van der Waals surface area contributed by atoms with Gasteiger partial charge in [0, 0.05) is 17.0 Å². The molecule has 0 bridgehead atoms. The lowest BCUT2D eigenvalue weighted by molar-refractivity contribution is 0.565. The van der Waals surface area contributed by atoms with Crippen LogP contribution in [-0.4, -0.2) is 29.7 Å². The van der Waals surface area contributed by atoms with Crippen molar-refractivity contribution in [2.45, 2.75) is 17.9 Å². The minimum atomic E-state index is -4.31. The van der Waals surface area contributed by atoms with E-state index in [9.17, 15) is 17.2 Å². The summed E-state index contributed by atoms with van der Waals surface area (Å²) >= 11 is 0. The number of rotatable bonds is 5. The summed E-state index contributed by atoms with van der Waals surface area (Å²) in [6.45, 7) is 2.11. The Kier molecular flexibility index (Phi) is 6.09. The van der Waals surface area contributed by atoms with Crippen LogP contribution in [0.1, 0.15) is 24.1 Å². The number of aromatic nitrogens is 3. The molecule has 0 saturated carbocycles. The maximum atomic E-state index is 15.0. The SMILES string of the molecule is C[C@H](c1ccccc1C#CCN)n1ncc2cc(S(=O)(=O)Nc3ccc(F)cn3)c(F)cc21. The van der Waals surface area contributed by atoms with Crippen molar-refractivity contribution in [3.8, 4) is 11.8 Å². The van der Waals surface area contributed by atoms with Crippen LogP contribution in [0.15, 0.2) is 65.8 Å². The largest absolute Gasteiger partial charge is 0.320 e. The predicted molar refractivity (Wildman–Crippen MR) is 121 cm³/mol. The zero-order chi connectivity index (χ0) is 23.6. The number of sulfonamides is 1. The molecule has 2 aromatic carbocycles. The lowest BCUT2D eigenvalue weighted by Crippen LogP contribution is -2.16. The van der Waals surface area contributed by atoms with Gasteiger partial charge in [-0.25, -0.2) is 22.2 Å². The minimum Gasteiger partial charge on any atom is -0.320 e. The molecule has 168 valence electrons. The molecule has 0 saturated heterocycles. The van der Waals surface area contributed by atoms with Gasteiger partial charge in [0.2, 0.25) is 0 Å². The molecule has 0 radical (unpaired) electrons. The standard InChI is InChI=1S/C23H19F2N5O2S/c1-15(19-7-3-2-5-16(19)6-4-10-26)30-21-12-20(25)22(11-17(21)13-28-30)33(31,32)29-23-9-8-18(24)14-27-23/h2-3,5,7-9,11-15H,10,26H2,1H3,(H,27,29)/t15-/m1/s1. The minimum absolute atomic E-state index is 0.129. The quantitative estimate of drug-likeness (QED) is 0.438. The Morgan fingerprint density at radius 1 is 1.15 bits per heavy atom. The molecule has 2 aromatic heterocycles. The summed E-state index contributed by atoms with van der Waals surface area (Å²) in [5, 5.41) is 4.79. The monoisotopic (exact) mass is 467 g/mol. The summed E-state index contributed by atoms with van der Waals surface area (Å²) in [6.07, 6.45) is 2.33. The molecule has 7 nitrogen and oxygen atoms in total. The van der Waals surface area contributed by atoms with Crippen molar-refractivity contribution in [2.75, 3.05) is 11.3 Å². The molecule has 0 amide bonds. The van der Waals surface area contributed by atoms with Crippen LogP contribution in [0, 0.1) is 23.5 Å². The van der Waals surface area contributed by atoms with Gasteiger partial charge in [0.15, 0.2) is 0 Å². The van der Waals surface area contributed by atoms with Gasteiger partial charge in [0.1, 0.15) is 22.3 Å². The van der Waals surface area contributed by atoms with Gasteiger partial charge in [-0.05, 0) is 36.8 Å². The molecule has 0 spiro atoms. The third-order valence-electron chi connectivity index (χ3n) is 5.01. The first-order chi connectivity index (χ1) is 15.8. The van der Waals surface area contributed by atoms with E-state index in [1.165, 1.54) is 12.3 Å². The Morgan fingerprint density at radius 2 is 1.94 bits per heavy atom. The first kappa shape index (κ1) is 22.4. The van der Waals surface area contributed by atoms with Crippen LogP contribution in [-0.2, 0) is 10.0 Å². The second-order valence-electron chi connectivity index (χ2n) is 7.17. The van der Waals surface area contributed by atoms with E-state index >= 15 is 0 Å². The van der Waals surface area contributed by atoms with Gasteiger partial charge >= 0.3 is 0 Å². The van der Waals surface area contributed by atoms with Crippen molar-refractivity contribution in [2.24, 2.45) is 5.73 Å². The lowest BCUT2D eigenvalue weighted by atomic mass is 10.0. The summed E-state index contributed by atoms with van der Waals surface area (Å²) in [7, 11) is -4.31. The number of halogens is 2. The third-order valence-corrected chi connectivity index (χ3v) is 6.38. The van der Waals surface area contributed by atoms with E-state index in [1.54, 1.807) is 4.68 Å². The van der Waals surface area contributed by atoms with Gasteiger partial charge in [-0.2, -0.15) is 5.10 Å². The highest BCUT2D eigenvalue weighted by Gasteiger charge is 2.23. The smallest absolute Gasteiger partial charge is 0.265 e. The molecule has 0 aliphatic carbocycles. The number of nitrogens with one attached hydrogen (secondary N) is 1.